The Labute approximate surface area is 110 Å². The first kappa shape index (κ1) is 14.3. The molecule has 0 saturated carbocycles. The third-order valence-corrected chi connectivity index (χ3v) is 2.82. The van der Waals surface area contributed by atoms with E-state index in [1.807, 2.05) is 0 Å². The average molecular weight is 278 g/mol. The molecule has 1 aromatic rings. The average Bonchev–Trinajstić information content (AvgIpc) is 2.31. The van der Waals surface area contributed by atoms with Gasteiger partial charge >= 0.3 is 0 Å². The Kier molecular flexibility index (Phi) is 6.30. The number of amides is 1. The number of rotatable bonds is 6. The highest BCUT2D eigenvalue weighted by atomic mass is 35.5. The van der Waals surface area contributed by atoms with Gasteiger partial charge in [0.25, 0.3) is 0 Å². The number of alkyl halides is 1. The smallest absolute Gasteiger partial charge is 0.220 e. The molecule has 1 N–H and O–H groups in total. The van der Waals surface area contributed by atoms with E-state index in [9.17, 15) is 9.18 Å². The third-order valence-electron chi connectivity index (χ3n) is 2.26. The van der Waals surface area contributed by atoms with Gasteiger partial charge in [0.05, 0.1) is 5.02 Å². The molecule has 0 aliphatic rings. The fraction of sp³-hybridized carbons (Fsp3) is 0.417. The molecule has 0 unspecified atom stereocenters. The van der Waals surface area contributed by atoms with Gasteiger partial charge < -0.3 is 5.32 Å². The summed E-state index contributed by atoms with van der Waals surface area (Å²) in [6.07, 6.45) is 2.07. The van der Waals surface area contributed by atoms with E-state index >= 15 is 0 Å². The van der Waals surface area contributed by atoms with Crippen molar-refractivity contribution in [3.8, 4) is 0 Å². The maximum atomic E-state index is 12.9. The summed E-state index contributed by atoms with van der Waals surface area (Å²) >= 11 is 11.1. The van der Waals surface area contributed by atoms with E-state index in [1.54, 1.807) is 6.07 Å². The lowest BCUT2D eigenvalue weighted by Crippen LogP contribution is -2.22. The Balaban J connectivity index is 2.34. The maximum Gasteiger partial charge on any atom is 0.220 e. The van der Waals surface area contributed by atoms with Crippen LogP contribution in [0.2, 0.25) is 5.02 Å². The van der Waals surface area contributed by atoms with Crippen LogP contribution in [0.5, 0.6) is 0 Å². The number of hydrogen-bond donors (Lipinski definition) is 1. The van der Waals surface area contributed by atoms with Gasteiger partial charge in [0.2, 0.25) is 5.91 Å². The van der Waals surface area contributed by atoms with Gasteiger partial charge in [0, 0.05) is 18.8 Å². The minimum absolute atomic E-state index is 0.0319. The first-order chi connectivity index (χ1) is 8.13. The number of halogens is 3. The highest BCUT2D eigenvalue weighted by Gasteiger charge is 2.03. The van der Waals surface area contributed by atoms with Gasteiger partial charge in [0.15, 0.2) is 0 Å². The minimum Gasteiger partial charge on any atom is -0.352 e. The van der Waals surface area contributed by atoms with E-state index in [1.165, 1.54) is 12.1 Å². The second-order valence-electron chi connectivity index (χ2n) is 3.67. The molecule has 0 bridgehead atoms. The summed E-state index contributed by atoms with van der Waals surface area (Å²) in [5.74, 6) is 0.0836. The van der Waals surface area contributed by atoms with Gasteiger partial charge in [-0.25, -0.2) is 4.39 Å². The molecule has 0 fully saturated rings. The Morgan fingerprint density at radius 2 is 2.12 bits per heavy atom. The zero-order chi connectivity index (χ0) is 12.7. The summed E-state index contributed by atoms with van der Waals surface area (Å²) in [4.78, 5) is 11.4. The summed E-state index contributed by atoms with van der Waals surface area (Å²) in [5, 5.41) is 2.81. The van der Waals surface area contributed by atoms with Gasteiger partial charge in [-0.15, -0.1) is 11.6 Å². The van der Waals surface area contributed by atoms with Crippen LogP contribution in [0.25, 0.3) is 0 Å². The van der Waals surface area contributed by atoms with E-state index in [4.69, 9.17) is 23.2 Å². The molecule has 1 amide bonds. The largest absolute Gasteiger partial charge is 0.352 e. The molecule has 0 atom stereocenters. The lowest BCUT2D eigenvalue weighted by atomic mass is 10.2. The maximum absolute atomic E-state index is 12.9. The van der Waals surface area contributed by atoms with Crippen LogP contribution in [0.1, 0.15) is 24.8 Å². The number of nitrogens with one attached hydrogen (secondary N) is 1. The van der Waals surface area contributed by atoms with Crippen LogP contribution in [0.15, 0.2) is 18.2 Å². The van der Waals surface area contributed by atoms with Gasteiger partial charge in [0.1, 0.15) is 5.82 Å². The van der Waals surface area contributed by atoms with Crippen molar-refractivity contribution in [1.82, 2.24) is 5.32 Å². The number of unbranched alkanes of at least 4 members (excludes halogenated alkanes) is 1. The number of hydrogen-bond acceptors (Lipinski definition) is 1. The monoisotopic (exact) mass is 277 g/mol. The molecule has 94 valence electrons. The standard InChI is InChI=1S/C12H14Cl2FNO/c13-6-2-1-3-12(17)16-8-9-4-5-11(15)10(14)7-9/h4-5,7H,1-3,6,8H2,(H,16,17). The van der Waals surface area contributed by atoms with Gasteiger partial charge in [-0.05, 0) is 30.5 Å². The molecule has 0 heterocycles. The fourth-order valence-corrected chi connectivity index (χ4v) is 1.71. The van der Waals surface area contributed by atoms with Gasteiger partial charge in [-0.2, -0.15) is 0 Å². The molecule has 1 aromatic carbocycles. The molecule has 0 aromatic heterocycles. The molecule has 0 saturated heterocycles. The molecule has 0 aliphatic carbocycles. The minimum atomic E-state index is -0.455. The third kappa shape index (κ3) is 5.37. The second-order valence-corrected chi connectivity index (χ2v) is 4.46. The first-order valence-electron chi connectivity index (χ1n) is 5.40. The van der Waals surface area contributed by atoms with Crippen LogP contribution >= 0.6 is 23.2 Å². The van der Waals surface area contributed by atoms with Crippen molar-refractivity contribution in [2.24, 2.45) is 0 Å². The summed E-state index contributed by atoms with van der Waals surface area (Å²) in [7, 11) is 0. The first-order valence-corrected chi connectivity index (χ1v) is 6.31. The summed E-state index contributed by atoms with van der Waals surface area (Å²) in [6, 6.07) is 4.40. The molecule has 1 rings (SSSR count). The van der Waals surface area contributed by atoms with Crippen LogP contribution in [0.3, 0.4) is 0 Å². The van der Waals surface area contributed by atoms with Crippen molar-refractivity contribution < 1.29 is 9.18 Å². The van der Waals surface area contributed by atoms with Crippen molar-refractivity contribution in [2.75, 3.05) is 5.88 Å². The normalized spacial score (nSPS) is 10.3. The van der Waals surface area contributed by atoms with Crippen molar-refractivity contribution in [3.63, 3.8) is 0 Å². The second kappa shape index (κ2) is 7.51. The van der Waals surface area contributed by atoms with Crippen LogP contribution in [0, 0.1) is 5.82 Å². The Morgan fingerprint density at radius 1 is 1.35 bits per heavy atom. The van der Waals surface area contributed by atoms with Crippen molar-refractivity contribution >= 4 is 29.1 Å². The van der Waals surface area contributed by atoms with E-state index in [2.05, 4.69) is 5.32 Å². The highest BCUT2D eigenvalue weighted by Crippen LogP contribution is 2.15. The van der Waals surface area contributed by atoms with Crippen LogP contribution in [-0.4, -0.2) is 11.8 Å². The number of carbonyl (C=O) groups is 1. The summed E-state index contributed by atoms with van der Waals surface area (Å²) in [6.45, 7) is 0.361. The molecular formula is C12H14Cl2FNO. The van der Waals surface area contributed by atoms with Crippen LogP contribution < -0.4 is 5.32 Å². The van der Waals surface area contributed by atoms with Crippen molar-refractivity contribution in [1.29, 1.82) is 0 Å². The topological polar surface area (TPSA) is 29.1 Å². The number of benzene rings is 1. The van der Waals surface area contributed by atoms with E-state index < -0.39 is 5.82 Å². The Bertz CT molecular complexity index is 385. The predicted octanol–water partition coefficient (Wildman–Crippen LogP) is 3.50. The van der Waals surface area contributed by atoms with Gasteiger partial charge in [-0.1, -0.05) is 17.7 Å². The zero-order valence-corrected chi connectivity index (χ0v) is 10.8. The van der Waals surface area contributed by atoms with E-state index in [-0.39, 0.29) is 10.9 Å². The van der Waals surface area contributed by atoms with Crippen molar-refractivity contribution in [2.45, 2.75) is 25.8 Å². The highest BCUT2D eigenvalue weighted by molar-refractivity contribution is 6.30. The summed E-state index contributed by atoms with van der Waals surface area (Å²) < 4.78 is 12.9. The molecule has 5 heteroatoms. The zero-order valence-electron chi connectivity index (χ0n) is 9.31. The summed E-state index contributed by atoms with van der Waals surface area (Å²) in [5.41, 5.74) is 0.780. The lowest BCUT2D eigenvalue weighted by Gasteiger charge is -2.05. The van der Waals surface area contributed by atoms with E-state index in [0.717, 1.165) is 18.4 Å². The molecule has 0 spiro atoms. The lowest BCUT2D eigenvalue weighted by molar-refractivity contribution is -0.121. The van der Waals surface area contributed by atoms with Gasteiger partial charge in [-0.3, -0.25) is 4.79 Å². The van der Waals surface area contributed by atoms with E-state index in [0.29, 0.717) is 18.8 Å². The molecule has 0 radical (unpaired) electrons. The fourth-order valence-electron chi connectivity index (χ4n) is 1.32. The van der Waals surface area contributed by atoms with Crippen molar-refractivity contribution in [3.05, 3.63) is 34.6 Å². The quantitative estimate of drug-likeness (QED) is 0.626. The molecule has 0 aliphatic heterocycles. The van der Waals surface area contributed by atoms with Crippen LogP contribution in [-0.2, 0) is 11.3 Å². The molecule has 2 nitrogen and oxygen atoms in total. The molecule has 17 heavy (non-hydrogen) atoms. The number of carbonyl (C=O) groups excluding carboxylic acids is 1. The Hall–Kier alpha value is -0.800. The Morgan fingerprint density at radius 3 is 2.76 bits per heavy atom. The SMILES string of the molecule is O=C(CCCCCl)NCc1ccc(F)c(Cl)c1. The molecular weight excluding hydrogens is 264 g/mol. The predicted molar refractivity (Wildman–Crippen MR) is 67.8 cm³/mol. The van der Waals surface area contributed by atoms with Crippen LogP contribution in [0.4, 0.5) is 4.39 Å².